The second-order valence-electron chi connectivity index (χ2n) is 5.62. The van der Waals surface area contributed by atoms with Crippen molar-refractivity contribution in [3.8, 4) is 0 Å². The summed E-state index contributed by atoms with van der Waals surface area (Å²) in [6.07, 6.45) is 6.64. The summed E-state index contributed by atoms with van der Waals surface area (Å²) in [5, 5.41) is 3.49. The standard InChI is InChI=1S/C12H20N2O/c1-14-7-4-10(11(14)15)13-8-12(5-6-12)9-2-3-9/h9-10,13H,2-8H2,1H3. The molecule has 1 N–H and O–H groups in total. The van der Waals surface area contributed by atoms with Crippen LogP contribution in [0, 0.1) is 11.3 Å². The lowest BCUT2D eigenvalue weighted by molar-refractivity contribution is -0.128. The van der Waals surface area contributed by atoms with Gasteiger partial charge in [-0.1, -0.05) is 0 Å². The minimum absolute atomic E-state index is 0.117. The van der Waals surface area contributed by atoms with Gasteiger partial charge in [-0.3, -0.25) is 4.79 Å². The zero-order chi connectivity index (χ0) is 10.5. The minimum atomic E-state index is 0.117. The molecule has 84 valence electrons. The number of likely N-dealkylation sites (tertiary alicyclic amines) is 1. The lowest BCUT2D eigenvalue weighted by atomic mass is 10.0. The van der Waals surface area contributed by atoms with E-state index in [1.807, 2.05) is 11.9 Å². The van der Waals surface area contributed by atoms with E-state index in [4.69, 9.17) is 0 Å². The van der Waals surface area contributed by atoms with Gasteiger partial charge < -0.3 is 10.2 Å². The molecule has 0 radical (unpaired) electrons. The van der Waals surface area contributed by atoms with Crippen molar-refractivity contribution in [2.75, 3.05) is 20.1 Å². The highest BCUT2D eigenvalue weighted by Crippen LogP contribution is 2.60. The van der Waals surface area contributed by atoms with Gasteiger partial charge in [0.25, 0.3) is 0 Å². The van der Waals surface area contributed by atoms with Gasteiger partial charge in [-0.2, -0.15) is 0 Å². The molecule has 1 aliphatic heterocycles. The molecule has 1 atom stereocenters. The predicted molar refractivity (Wildman–Crippen MR) is 58.4 cm³/mol. The highest BCUT2D eigenvalue weighted by atomic mass is 16.2. The highest BCUT2D eigenvalue weighted by Gasteiger charge is 2.53. The second-order valence-corrected chi connectivity index (χ2v) is 5.62. The van der Waals surface area contributed by atoms with Gasteiger partial charge in [-0.25, -0.2) is 0 Å². The average Bonchev–Trinajstić information content (AvgIpc) is 3.10. The summed E-state index contributed by atoms with van der Waals surface area (Å²) in [4.78, 5) is 13.5. The third kappa shape index (κ3) is 1.67. The Kier molecular flexibility index (Phi) is 2.06. The Morgan fingerprint density at radius 1 is 1.40 bits per heavy atom. The van der Waals surface area contributed by atoms with Gasteiger partial charge >= 0.3 is 0 Å². The van der Waals surface area contributed by atoms with E-state index in [1.54, 1.807) is 0 Å². The zero-order valence-corrected chi connectivity index (χ0v) is 9.46. The number of hydrogen-bond donors (Lipinski definition) is 1. The fourth-order valence-corrected chi connectivity index (χ4v) is 2.92. The van der Waals surface area contributed by atoms with Crippen LogP contribution in [0.5, 0.6) is 0 Å². The van der Waals surface area contributed by atoms with E-state index in [-0.39, 0.29) is 6.04 Å². The monoisotopic (exact) mass is 208 g/mol. The van der Waals surface area contributed by atoms with Gasteiger partial charge in [0, 0.05) is 20.1 Å². The highest BCUT2D eigenvalue weighted by molar-refractivity contribution is 5.83. The smallest absolute Gasteiger partial charge is 0.239 e. The van der Waals surface area contributed by atoms with Gasteiger partial charge in [0.1, 0.15) is 0 Å². The molecule has 3 fully saturated rings. The van der Waals surface area contributed by atoms with E-state index < -0.39 is 0 Å². The molecule has 0 bridgehead atoms. The maximum absolute atomic E-state index is 11.7. The van der Waals surface area contributed by atoms with Gasteiger partial charge in [0.05, 0.1) is 6.04 Å². The number of nitrogens with zero attached hydrogens (tertiary/aromatic N) is 1. The fraction of sp³-hybridized carbons (Fsp3) is 0.917. The van der Waals surface area contributed by atoms with E-state index in [0.29, 0.717) is 11.3 Å². The molecule has 0 aromatic carbocycles. The van der Waals surface area contributed by atoms with Gasteiger partial charge in [0.2, 0.25) is 5.91 Å². The molecule has 1 unspecified atom stereocenters. The van der Waals surface area contributed by atoms with E-state index in [1.165, 1.54) is 25.7 Å². The molecule has 1 saturated heterocycles. The molecule has 3 rings (SSSR count). The molecule has 0 aromatic heterocycles. The van der Waals surface area contributed by atoms with Crippen molar-refractivity contribution in [2.45, 2.75) is 38.1 Å². The molecule has 2 aliphatic carbocycles. The van der Waals surface area contributed by atoms with Crippen LogP contribution in [0.4, 0.5) is 0 Å². The predicted octanol–water partition coefficient (Wildman–Crippen LogP) is 0.997. The van der Waals surface area contributed by atoms with Gasteiger partial charge in [-0.15, -0.1) is 0 Å². The molecule has 15 heavy (non-hydrogen) atoms. The van der Waals surface area contributed by atoms with E-state index in [9.17, 15) is 4.79 Å². The molecule has 1 amide bonds. The lowest BCUT2D eigenvalue weighted by Gasteiger charge is -2.18. The Morgan fingerprint density at radius 3 is 2.60 bits per heavy atom. The normalized spacial score (nSPS) is 33.5. The molecule has 3 aliphatic rings. The summed E-state index contributed by atoms with van der Waals surface area (Å²) < 4.78 is 0. The maximum Gasteiger partial charge on any atom is 0.239 e. The first-order valence-electron chi connectivity index (χ1n) is 6.20. The second kappa shape index (κ2) is 3.21. The first-order valence-corrected chi connectivity index (χ1v) is 6.20. The van der Waals surface area contributed by atoms with Crippen LogP contribution < -0.4 is 5.32 Å². The number of carbonyl (C=O) groups excluding carboxylic acids is 1. The average molecular weight is 208 g/mol. The van der Waals surface area contributed by atoms with E-state index in [0.717, 1.165) is 25.4 Å². The van der Waals surface area contributed by atoms with Crippen molar-refractivity contribution < 1.29 is 4.79 Å². The van der Waals surface area contributed by atoms with E-state index in [2.05, 4.69) is 5.32 Å². The number of nitrogens with one attached hydrogen (secondary N) is 1. The summed E-state index contributed by atoms with van der Waals surface area (Å²) in [7, 11) is 1.90. The Balaban J connectivity index is 1.52. The number of likely N-dealkylation sites (N-methyl/N-ethyl adjacent to an activating group) is 1. The summed E-state index contributed by atoms with van der Waals surface area (Å²) in [6, 6.07) is 0.117. The number of amides is 1. The summed E-state index contributed by atoms with van der Waals surface area (Å²) >= 11 is 0. The van der Waals surface area contributed by atoms with Crippen molar-refractivity contribution in [1.82, 2.24) is 10.2 Å². The van der Waals surface area contributed by atoms with Crippen LogP contribution in [0.25, 0.3) is 0 Å². The van der Waals surface area contributed by atoms with Crippen LogP contribution in [-0.2, 0) is 4.79 Å². The molecular weight excluding hydrogens is 188 g/mol. The minimum Gasteiger partial charge on any atom is -0.344 e. The first-order chi connectivity index (χ1) is 7.21. The van der Waals surface area contributed by atoms with Gasteiger partial charge in [0.15, 0.2) is 0 Å². The quantitative estimate of drug-likeness (QED) is 0.747. The SMILES string of the molecule is CN1CCC(NCC2(C3CC3)CC2)C1=O. The molecule has 3 nitrogen and oxygen atoms in total. The molecule has 1 heterocycles. The van der Waals surface area contributed by atoms with Crippen molar-refractivity contribution in [2.24, 2.45) is 11.3 Å². The van der Waals surface area contributed by atoms with Crippen LogP contribution in [0.2, 0.25) is 0 Å². The topological polar surface area (TPSA) is 32.3 Å². The van der Waals surface area contributed by atoms with E-state index >= 15 is 0 Å². The van der Waals surface area contributed by atoms with Crippen molar-refractivity contribution in [1.29, 1.82) is 0 Å². The van der Waals surface area contributed by atoms with Gasteiger partial charge in [-0.05, 0) is 43.4 Å². The van der Waals surface area contributed by atoms with Crippen molar-refractivity contribution >= 4 is 5.91 Å². The van der Waals surface area contributed by atoms with Crippen molar-refractivity contribution in [3.63, 3.8) is 0 Å². The lowest BCUT2D eigenvalue weighted by Crippen LogP contribution is -2.40. The first kappa shape index (κ1) is 9.64. The Morgan fingerprint density at radius 2 is 2.13 bits per heavy atom. The molecule has 3 heteroatoms. The largest absolute Gasteiger partial charge is 0.344 e. The van der Waals surface area contributed by atoms with Crippen LogP contribution in [0.3, 0.4) is 0 Å². The Bertz CT molecular complexity index is 281. The summed E-state index contributed by atoms with van der Waals surface area (Å²) in [5.41, 5.74) is 0.613. The third-order valence-electron chi connectivity index (χ3n) is 4.46. The molecular formula is C12H20N2O. The molecule has 0 spiro atoms. The van der Waals surface area contributed by atoms with Crippen molar-refractivity contribution in [3.05, 3.63) is 0 Å². The van der Waals surface area contributed by atoms with Crippen LogP contribution >= 0.6 is 0 Å². The molecule has 0 aromatic rings. The number of hydrogen-bond acceptors (Lipinski definition) is 2. The van der Waals surface area contributed by atoms with Crippen LogP contribution in [0.15, 0.2) is 0 Å². The fourth-order valence-electron chi connectivity index (χ4n) is 2.92. The Labute approximate surface area is 91.2 Å². The number of rotatable bonds is 4. The van der Waals surface area contributed by atoms with Crippen LogP contribution in [-0.4, -0.2) is 37.0 Å². The number of carbonyl (C=O) groups is 1. The maximum atomic E-state index is 11.7. The molecule has 2 saturated carbocycles. The summed E-state index contributed by atoms with van der Waals surface area (Å²) in [6.45, 7) is 2.01. The zero-order valence-electron chi connectivity index (χ0n) is 9.46. The Hall–Kier alpha value is -0.570. The van der Waals surface area contributed by atoms with Crippen LogP contribution in [0.1, 0.15) is 32.1 Å². The third-order valence-corrected chi connectivity index (χ3v) is 4.46. The summed E-state index contributed by atoms with van der Waals surface area (Å²) in [5.74, 6) is 1.28.